The number of aryl methyl sites for hydroxylation is 2. The Balaban J connectivity index is 1.18. The molecule has 0 atom stereocenters. The Morgan fingerprint density at radius 1 is 1.10 bits per heavy atom. The number of fused-ring (bicyclic) bond motifs is 1. The standard InChI is InChI=1S/C25H32N4O/c1-18-7-8-23-20(16-27-24(23)15-18)9-12-26-25(30)28-22-10-13-29(14-11-22)17-21-6-4-3-5-19(21)2/h3-8,15-16,22,27H,9-14,17H2,1-2H3,(H2,26,28,30). The zero-order valence-corrected chi connectivity index (χ0v) is 18.0. The summed E-state index contributed by atoms with van der Waals surface area (Å²) >= 11 is 0. The summed E-state index contributed by atoms with van der Waals surface area (Å²) < 4.78 is 0. The Labute approximate surface area is 178 Å². The number of carbonyl (C=O) groups is 1. The predicted molar refractivity (Wildman–Crippen MR) is 123 cm³/mol. The molecule has 1 aliphatic rings. The zero-order valence-electron chi connectivity index (χ0n) is 18.0. The van der Waals surface area contributed by atoms with E-state index in [0.29, 0.717) is 6.54 Å². The van der Waals surface area contributed by atoms with Crippen molar-refractivity contribution < 1.29 is 4.79 Å². The highest BCUT2D eigenvalue weighted by molar-refractivity contribution is 5.83. The van der Waals surface area contributed by atoms with Crippen molar-refractivity contribution in [3.8, 4) is 0 Å². The second-order valence-corrected chi connectivity index (χ2v) is 8.49. The largest absolute Gasteiger partial charge is 0.361 e. The highest BCUT2D eigenvalue weighted by Gasteiger charge is 2.21. The summed E-state index contributed by atoms with van der Waals surface area (Å²) in [6, 6.07) is 15.2. The first-order chi connectivity index (χ1) is 14.6. The Hall–Kier alpha value is -2.79. The SMILES string of the molecule is Cc1ccc2c(CCNC(=O)NC3CCN(Cc4ccccc4C)CC3)c[nH]c2c1. The summed E-state index contributed by atoms with van der Waals surface area (Å²) in [7, 11) is 0. The molecule has 3 aromatic rings. The maximum Gasteiger partial charge on any atom is 0.315 e. The lowest BCUT2D eigenvalue weighted by atomic mass is 10.0. The van der Waals surface area contributed by atoms with Gasteiger partial charge in [-0.25, -0.2) is 4.79 Å². The molecule has 1 saturated heterocycles. The monoisotopic (exact) mass is 404 g/mol. The van der Waals surface area contributed by atoms with Gasteiger partial charge in [-0.1, -0.05) is 36.4 Å². The Morgan fingerprint density at radius 3 is 2.70 bits per heavy atom. The van der Waals surface area contributed by atoms with Crippen LogP contribution >= 0.6 is 0 Å². The van der Waals surface area contributed by atoms with E-state index in [4.69, 9.17) is 0 Å². The molecule has 1 aromatic heterocycles. The predicted octanol–water partition coefficient (Wildman–Crippen LogP) is 4.29. The van der Waals surface area contributed by atoms with Crippen molar-refractivity contribution in [1.29, 1.82) is 0 Å². The molecule has 3 N–H and O–H groups in total. The van der Waals surface area contributed by atoms with Crippen molar-refractivity contribution in [1.82, 2.24) is 20.5 Å². The number of likely N-dealkylation sites (tertiary alicyclic amines) is 1. The third-order valence-electron chi connectivity index (χ3n) is 6.18. The molecule has 0 bridgehead atoms. The van der Waals surface area contributed by atoms with Gasteiger partial charge in [-0.15, -0.1) is 0 Å². The number of carbonyl (C=O) groups excluding carboxylic acids is 1. The number of hydrogen-bond donors (Lipinski definition) is 3. The highest BCUT2D eigenvalue weighted by atomic mass is 16.2. The fourth-order valence-electron chi connectivity index (χ4n) is 4.32. The summed E-state index contributed by atoms with van der Waals surface area (Å²) in [6.45, 7) is 7.95. The van der Waals surface area contributed by atoms with E-state index in [1.807, 2.05) is 6.20 Å². The van der Waals surface area contributed by atoms with Crippen molar-refractivity contribution in [2.75, 3.05) is 19.6 Å². The van der Waals surface area contributed by atoms with Gasteiger partial charge in [-0.05, 0) is 61.4 Å². The molecular formula is C25H32N4O. The van der Waals surface area contributed by atoms with Crippen LogP contribution in [0.1, 0.15) is 35.1 Å². The maximum atomic E-state index is 12.3. The van der Waals surface area contributed by atoms with Crippen LogP contribution in [0.15, 0.2) is 48.7 Å². The number of H-pyrrole nitrogens is 1. The first-order valence-electron chi connectivity index (χ1n) is 11.0. The minimum Gasteiger partial charge on any atom is -0.361 e. The molecule has 2 aromatic carbocycles. The molecule has 1 fully saturated rings. The number of piperidine rings is 1. The van der Waals surface area contributed by atoms with Crippen LogP contribution in [0.25, 0.3) is 10.9 Å². The lowest BCUT2D eigenvalue weighted by Gasteiger charge is -2.32. The van der Waals surface area contributed by atoms with Crippen LogP contribution in [0.4, 0.5) is 4.79 Å². The summed E-state index contributed by atoms with van der Waals surface area (Å²) in [4.78, 5) is 18.1. The minimum absolute atomic E-state index is 0.0527. The first kappa shape index (κ1) is 20.5. The Kier molecular flexibility index (Phi) is 6.38. The minimum atomic E-state index is -0.0527. The van der Waals surface area contributed by atoms with Crippen LogP contribution in [-0.2, 0) is 13.0 Å². The molecule has 5 nitrogen and oxygen atoms in total. The van der Waals surface area contributed by atoms with E-state index < -0.39 is 0 Å². The average Bonchev–Trinajstić information content (AvgIpc) is 3.13. The van der Waals surface area contributed by atoms with Gasteiger partial charge in [-0.3, -0.25) is 4.90 Å². The summed E-state index contributed by atoms with van der Waals surface area (Å²) in [5.74, 6) is 0. The van der Waals surface area contributed by atoms with Crippen LogP contribution in [-0.4, -0.2) is 41.6 Å². The van der Waals surface area contributed by atoms with E-state index in [2.05, 4.69) is 76.8 Å². The van der Waals surface area contributed by atoms with Gasteiger partial charge >= 0.3 is 6.03 Å². The number of urea groups is 1. The fourth-order valence-corrected chi connectivity index (χ4v) is 4.32. The lowest BCUT2D eigenvalue weighted by molar-refractivity contribution is 0.186. The maximum absolute atomic E-state index is 12.3. The van der Waals surface area contributed by atoms with E-state index >= 15 is 0 Å². The van der Waals surface area contributed by atoms with Crippen molar-refractivity contribution >= 4 is 16.9 Å². The molecule has 0 aliphatic carbocycles. The zero-order chi connectivity index (χ0) is 20.9. The Morgan fingerprint density at radius 2 is 1.90 bits per heavy atom. The molecule has 30 heavy (non-hydrogen) atoms. The first-order valence-corrected chi connectivity index (χ1v) is 11.0. The number of rotatable bonds is 6. The topological polar surface area (TPSA) is 60.2 Å². The molecule has 4 rings (SSSR count). The van der Waals surface area contributed by atoms with E-state index in [0.717, 1.165) is 44.4 Å². The summed E-state index contributed by atoms with van der Waals surface area (Å²) in [5, 5.41) is 7.42. The Bertz CT molecular complexity index is 1000. The van der Waals surface area contributed by atoms with Gasteiger partial charge in [0.05, 0.1) is 0 Å². The average molecular weight is 405 g/mol. The molecule has 2 amide bonds. The van der Waals surface area contributed by atoms with Gasteiger partial charge in [0.1, 0.15) is 0 Å². The van der Waals surface area contributed by atoms with Gasteiger partial charge in [-0.2, -0.15) is 0 Å². The van der Waals surface area contributed by atoms with Crippen LogP contribution in [0.5, 0.6) is 0 Å². The third-order valence-corrected chi connectivity index (χ3v) is 6.18. The van der Waals surface area contributed by atoms with Gasteiger partial charge in [0.2, 0.25) is 0 Å². The lowest BCUT2D eigenvalue weighted by Crippen LogP contribution is -2.48. The second kappa shape index (κ2) is 9.35. The van der Waals surface area contributed by atoms with Crippen LogP contribution < -0.4 is 10.6 Å². The molecule has 0 radical (unpaired) electrons. The molecular weight excluding hydrogens is 372 g/mol. The van der Waals surface area contributed by atoms with Gasteiger partial charge in [0.15, 0.2) is 0 Å². The number of hydrogen-bond acceptors (Lipinski definition) is 2. The summed E-state index contributed by atoms with van der Waals surface area (Å²) in [6.07, 6.45) is 4.88. The second-order valence-electron chi connectivity index (χ2n) is 8.49. The highest BCUT2D eigenvalue weighted by Crippen LogP contribution is 2.20. The molecule has 0 unspecified atom stereocenters. The molecule has 0 spiro atoms. The van der Waals surface area contributed by atoms with E-state index in [1.54, 1.807) is 0 Å². The molecule has 158 valence electrons. The fraction of sp³-hybridized carbons (Fsp3) is 0.400. The van der Waals surface area contributed by atoms with Crippen LogP contribution in [0, 0.1) is 13.8 Å². The van der Waals surface area contributed by atoms with Gasteiger partial charge in [0, 0.05) is 49.3 Å². The van der Waals surface area contributed by atoms with E-state index in [9.17, 15) is 4.79 Å². The van der Waals surface area contributed by atoms with Gasteiger partial charge in [0.25, 0.3) is 0 Å². The number of aromatic amines is 1. The number of benzene rings is 2. The van der Waals surface area contributed by atoms with Crippen LogP contribution in [0.2, 0.25) is 0 Å². The van der Waals surface area contributed by atoms with Crippen molar-refractivity contribution in [3.05, 3.63) is 70.9 Å². The number of amides is 2. The van der Waals surface area contributed by atoms with Crippen molar-refractivity contribution in [3.63, 3.8) is 0 Å². The molecule has 0 saturated carbocycles. The number of aromatic nitrogens is 1. The quantitative estimate of drug-likeness (QED) is 0.574. The van der Waals surface area contributed by atoms with E-state index in [1.165, 1.54) is 27.6 Å². The van der Waals surface area contributed by atoms with Crippen LogP contribution in [0.3, 0.4) is 0 Å². The smallest absolute Gasteiger partial charge is 0.315 e. The van der Waals surface area contributed by atoms with Crippen molar-refractivity contribution in [2.24, 2.45) is 0 Å². The molecule has 2 heterocycles. The molecule has 5 heteroatoms. The number of nitrogens with zero attached hydrogens (tertiary/aromatic N) is 1. The normalized spacial score (nSPS) is 15.4. The molecule has 1 aliphatic heterocycles. The van der Waals surface area contributed by atoms with Crippen molar-refractivity contribution in [2.45, 2.75) is 45.7 Å². The van der Waals surface area contributed by atoms with Gasteiger partial charge < -0.3 is 15.6 Å². The number of nitrogens with one attached hydrogen (secondary N) is 3. The van der Waals surface area contributed by atoms with E-state index in [-0.39, 0.29) is 12.1 Å². The third kappa shape index (κ3) is 5.03. The summed E-state index contributed by atoms with van der Waals surface area (Å²) in [5.41, 5.74) is 6.40.